The van der Waals surface area contributed by atoms with Crippen LogP contribution < -0.4 is 5.32 Å². The molecule has 1 unspecified atom stereocenters. The van der Waals surface area contributed by atoms with Gasteiger partial charge in [-0.15, -0.1) is 0 Å². The number of nitrogens with one attached hydrogen (secondary N) is 1. The van der Waals surface area contributed by atoms with Gasteiger partial charge in [0.25, 0.3) is 0 Å². The summed E-state index contributed by atoms with van der Waals surface area (Å²) in [7, 11) is 0. The Labute approximate surface area is 270 Å². The number of aryl methyl sites for hydroxylation is 1. The molecule has 3 rings (SSSR count). The fraction of sp³-hybridized carbons (Fsp3) is 0.543. The molecule has 2 aromatic rings. The number of benzene rings is 1. The van der Waals surface area contributed by atoms with E-state index in [1.54, 1.807) is 18.6 Å². The average molecular weight is 625 g/mol. The SMILES string of the molecule is CC.CC/C=C(C#N)\C=C/CCn1cncc1CC(=O)N(CCC)CCN1CCC(CC)C1.O=CNCc1cccc(Cl)c1. The minimum atomic E-state index is 0.183. The number of amides is 2. The van der Waals surface area contributed by atoms with Crippen LogP contribution in [0, 0.1) is 17.2 Å². The highest BCUT2D eigenvalue weighted by Crippen LogP contribution is 2.18. The van der Waals surface area contributed by atoms with E-state index in [1.807, 2.05) is 66.7 Å². The average Bonchev–Trinajstić information content (AvgIpc) is 3.70. The minimum absolute atomic E-state index is 0.183. The topological polar surface area (TPSA) is 94.3 Å². The third kappa shape index (κ3) is 15.4. The van der Waals surface area contributed by atoms with Crippen molar-refractivity contribution in [3.8, 4) is 6.07 Å². The Balaban J connectivity index is 0.000000620. The Kier molecular flexibility index (Phi) is 21.0. The zero-order valence-electron chi connectivity index (χ0n) is 27.5. The highest BCUT2D eigenvalue weighted by Gasteiger charge is 2.22. The lowest BCUT2D eigenvalue weighted by molar-refractivity contribution is -0.130. The molecule has 1 N–H and O–H groups in total. The van der Waals surface area contributed by atoms with Gasteiger partial charge in [0.1, 0.15) is 0 Å². The van der Waals surface area contributed by atoms with Crippen LogP contribution in [0.25, 0.3) is 0 Å². The molecule has 1 aliphatic rings. The van der Waals surface area contributed by atoms with Crippen molar-refractivity contribution in [1.82, 2.24) is 24.7 Å². The molecule has 0 spiro atoms. The number of carbonyl (C=O) groups excluding carboxylic acids is 2. The van der Waals surface area contributed by atoms with Gasteiger partial charge in [0.2, 0.25) is 12.3 Å². The van der Waals surface area contributed by atoms with Crippen LogP contribution in [-0.4, -0.2) is 64.4 Å². The number of aromatic nitrogens is 2. The first kappa shape index (κ1) is 38.6. The number of hydrogen-bond acceptors (Lipinski definition) is 5. The molecule has 8 nitrogen and oxygen atoms in total. The second kappa shape index (κ2) is 24.0. The molecule has 1 saturated heterocycles. The first-order valence-electron chi connectivity index (χ1n) is 16.1. The van der Waals surface area contributed by atoms with Crippen LogP contribution in [0.1, 0.15) is 78.0 Å². The summed E-state index contributed by atoms with van der Waals surface area (Å²) in [6.07, 6.45) is 15.6. The number of rotatable bonds is 16. The number of halogens is 1. The molecule has 0 aliphatic carbocycles. The number of likely N-dealkylation sites (tertiary alicyclic amines) is 1. The maximum absolute atomic E-state index is 13.0. The highest BCUT2D eigenvalue weighted by molar-refractivity contribution is 6.30. The molecule has 1 aromatic heterocycles. The number of nitriles is 1. The van der Waals surface area contributed by atoms with Crippen LogP contribution in [-0.2, 0) is 29.1 Å². The normalized spacial score (nSPS) is 14.7. The van der Waals surface area contributed by atoms with E-state index in [2.05, 4.69) is 35.1 Å². The van der Waals surface area contributed by atoms with Crippen LogP contribution in [0.3, 0.4) is 0 Å². The van der Waals surface area contributed by atoms with Gasteiger partial charge in [0.15, 0.2) is 0 Å². The number of nitrogens with zero attached hydrogens (tertiary/aromatic N) is 5. The molecule has 2 heterocycles. The second-order valence-electron chi connectivity index (χ2n) is 10.5. The molecule has 2 amide bonds. The molecule has 0 bridgehead atoms. The first-order valence-corrected chi connectivity index (χ1v) is 16.5. The lowest BCUT2D eigenvalue weighted by Crippen LogP contribution is -2.39. The molecule has 0 radical (unpaired) electrons. The summed E-state index contributed by atoms with van der Waals surface area (Å²) in [6.45, 7) is 16.6. The van der Waals surface area contributed by atoms with Crippen molar-refractivity contribution in [3.63, 3.8) is 0 Å². The van der Waals surface area contributed by atoms with Gasteiger partial charge in [-0.2, -0.15) is 5.26 Å². The van der Waals surface area contributed by atoms with Crippen LogP contribution in [0.4, 0.5) is 0 Å². The van der Waals surface area contributed by atoms with Gasteiger partial charge in [0, 0.05) is 61.8 Å². The predicted octanol–water partition coefficient (Wildman–Crippen LogP) is 6.81. The van der Waals surface area contributed by atoms with Crippen molar-refractivity contribution < 1.29 is 9.59 Å². The molecular formula is C35H53ClN6O2. The highest BCUT2D eigenvalue weighted by atomic mass is 35.5. The fourth-order valence-electron chi connectivity index (χ4n) is 4.91. The summed E-state index contributed by atoms with van der Waals surface area (Å²) < 4.78 is 2.05. The summed E-state index contributed by atoms with van der Waals surface area (Å²) in [5.41, 5.74) is 2.66. The van der Waals surface area contributed by atoms with E-state index in [4.69, 9.17) is 16.9 Å². The van der Waals surface area contributed by atoms with Crippen molar-refractivity contribution in [2.24, 2.45) is 5.92 Å². The molecule has 1 fully saturated rings. The molecular weight excluding hydrogens is 572 g/mol. The molecule has 1 aliphatic heterocycles. The lowest BCUT2D eigenvalue weighted by atomic mass is 10.1. The third-order valence-corrected chi connectivity index (χ3v) is 7.51. The van der Waals surface area contributed by atoms with Crippen molar-refractivity contribution >= 4 is 23.9 Å². The molecule has 44 heavy (non-hydrogen) atoms. The predicted molar refractivity (Wildman–Crippen MR) is 181 cm³/mol. The molecule has 9 heteroatoms. The van der Waals surface area contributed by atoms with Gasteiger partial charge in [-0.1, -0.05) is 76.9 Å². The van der Waals surface area contributed by atoms with Gasteiger partial charge in [-0.05, 0) is 61.9 Å². The van der Waals surface area contributed by atoms with E-state index in [0.29, 0.717) is 30.0 Å². The molecule has 242 valence electrons. The smallest absolute Gasteiger partial charge is 0.228 e. The largest absolute Gasteiger partial charge is 0.355 e. The number of allylic oxidation sites excluding steroid dienone is 4. The fourth-order valence-corrected chi connectivity index (χ4v) is 5.12. The van der Waals surface area contributed by atoms with E-state index in [0.717, 1.165) is 69.2 Å². The Bertz CT molecular complexity index is 1190. The quantitative estimate of drug-likeness (QED) is 0.126. The Morgan fingerprint density at radius 3 is 2.66 bits per heavy atom. The summed E-state index contributed by atoms with van der Waals surface area (Å²) in [4.78, 5) is 31.7. The van der Waals surface area contributed by atoms with E-state index in [1.165, 1.54) is 19.4 Å². The summed E-state index contributed by atoms with van der Waals surface area (Å²) in [6, 6.07) is 9.57. The molecule has 1 atom stereocenters. The first-order chi connectivity index (χ1) is 21.4. The zero-order chi connectivity index (χ0) is 32.6. The Hall–Kier alpha value is -3.41. The number of carbonyl (C=O) groups is 2. The van der Waals surface area contributed by atoms with Gasteiger partial charge < -0.3 is 19.7 Å². The van der Waals surface area contributed by atoms with Crippen LogP contribution in [0.5, 0.6) is 0 Å². The van der Waals surface area contributed by atoms with E-state index in [-0.39, 0.29) is 5.91 Å². The maximum atomic E-state index is 13.0. The number of imidazole rings is 1. The van der Waals surface area contributed by atoms with Gasteiger partial charge in [-0.25, -0.2) is 4.98 Å². The third-order valence-electron chi connectivity index (χ3n) is 7.28. The van der Waals surface area contributed by atoms with Crippen molar-refractivity contribution in [2.45, 2.75) is 86.2 Å². The van der Waals surface area contributed by atoms with Crippen molar-refractivity contribution in [2.75, 3.05) is 32.7 Å². The maximum Gasteiger partial charge on any atom is 0.228 e. The second-order valence-corrected chi connectivity index (χ2v) is 10.9. The summed E-state index contributed by atoms with van der Waals surface area (Å²) >= 11 is 5.71. The Morgan fingerprint density at radius 2 is 2.02 bits per heavy atom. The number of hydrogen-bond donors (Lipinski definition) is 1. The monoisotopic (exact) mass is 624 g/mol. The molecule has 0 saturated carbocycles. The Morgan fingerprint density at radius 1 is 1.23 bits per heavy atom. The standard InChI is InChI=1S/C25H39N5O.C8H8ClNO.C2H6/c1-4-9-23(18-26)10-7-8-13-30-21-27-19-24(30)17-25(31)29(12-5-2)16-15-28-14-11-22(6-3)20-28;9-8-3-1-2-7(4-8)5-10-6-11;1-2/h7,9-10,19,21-22H,4-6,8,11-17,20H2,1-3H3;1-4,6H,5H2,(H,10,11);1-2H3/b10-7-,23-9+;;. The summed E-state index contributed by atoms with van der Waals surface area (Å²) in [5.74, 6) is 1.00. The van der Waals surface area contributed by atoms with Crippen molar-refractivity contribution in [3.05, 3.63) is 76.9 Å². The van der Waals surface area contributed by atoms with Crippen LogP contribution in [0.15, 0.2) is 60.6 Å². The summed E-state index contributed by atoms with van der Waals surface area (Å²) in [5, 5.41) is 12.3. The van der Waals surface area contributed by atoms with E-state index >= 15 is 0 Å². The zero-order valence-corrected chi connectivity index (χ0v) is 28.2. The lowest BCUT2D eigenvalue weighted by Gasteiger charge is -2.25. The van der Waals surface area contributed by atoms with Gasteiger partial charge >= 0.3 is 0 Å². The van der Waals surface area contributed by atoms with Crippen LogP contribution in [0.2, 0.25) is 5.02 Å². The van der Waals surface area contributed by atoms with Gasteiger partial charge in [0.05, 0.1) is 18.8 Å². The molecule has 1 aromatic carbocycles. The van der Waals surface area contributed by atoms with Gasteiger partial charge in [-0.3, -0.25) is 9.59 Å². The van der Waals surface area contributed by atoms with E-state index < -0.39 is 0 Å². The van der Waals surface area contributed by atoms with Crippen molar-refractivity contribution in [1.29, 1.82) is 5.26 Å². The van der Waals surface area contributed by atoms with E-state index in [9.17, 15) is 9.59 Å². The van der Waals surface area contributed by atoms with Crippen LogP contribution >= 0.6 is 11.6 Å². The minimum Gasteiger partial charge on any atom is -0.355 e.